The summed E-state index contributed by atoms with van der Waals surface area (Å²) in [6.07, 6.45) is 0. The molecule has 3 nitrogen and oxygen atoms in total. The normalized spacial score (nSPS) is 14.3. The van der Waals surface area contributed by atoms with Crippen LogP contribution in [0.3, 0.4) is 0 Å². The van der Waals surface area contributed by atoms with Gasteiger partial charge < -0.3 is 14.0 Å². The molecule has 0 aliphatic heterocycles. The van der Waals surface area contributed by atoms with Crippen LogP contribution in [0, 0.1) is 0 Å². The monoisotopic (exact) mass is 661 g/mol. The van der Waals surface area contributed by atoms with Crippen molar-refractivity contribution in [2.45, 2.75) is 0 Å². The van der Waals surface area contributed by atoms with Gasteiger partial charge in [0.25, 0.3) is 0 Å². The van der Waals surface area contributed by atoms with E-state index in [2.05, 4.69) is 41.3 Å². The van der Waals surface area contributed by atoms with Crippen LogP contribution in [0.2, 0.25) is 0 Å². The summed E-state index contributed by atoms with van der Waals surface area (Å²) in [4.78, 5) is 2.17. The minimum Gasteiger partial charge on any atom is -0.311 e. The van der Waals surface area contributed by atoms with Crippen LogP contribution in [-0.2, 0) is 0 Å². The third-order valence-corrected chi connectivity index (χ3v) is 9.46. The van der Waals surface area contributed by atoms with Crippen LogP contribution in [0.25, 0.3) is 66.1 Å². The highest BCUT2D eigenvalue weighted by molar-refractivity contribution is 6.28. The fourth-order valence-electron chi connectivity index (χ4n) is 7.39. The van der Waals surface area contributed by atoms with E-state index >= 15 is 0 Å². The molecule has 240 valence electrons. The van der Waals surface area contributed by atoms with Crippen molar-refractivity contribution >= 4 is 60.7 Å². The molecule has 0 aliphatic rings. The second-order valence-electron chi connectivity index (χ2n) is 12.2. The molecule has 0 spiro atoms. The molecule has 0 fully saturated rings. The molecular weight excluding hydrogens is 619 g/mol. The molecule has 10 rings (SSSR count). The molecule has 51 heavy (non-hydrogen) atoms. The fourth-order valence-corrected chi connectivity index (χ4v) is 7.39. The first-order valence-corrected chi connectivity index (χ1v) is 16.6. The Bertz CT molecular complexity index is 3320. The maximum Gasteiger partial charge on any atom is 0.0795 e. The predicted molar refractivity (Wildman–Crippen MR) is 215 cm³/mol. The Morgan fingerprint density at radius 2 is 0.882 bits per heavy atom. The highest BCUT2D eigenvalue weighted by Crippen LogP contribution is 2.46. The number of hydrogen-bond acceptors (Lipinski definition) is 1. The maximum atomic E-state index is 9.23. The van der Waals surface area contributed by atoms with Crippen LogP contribution in [0.5, 0.6) is 0 Å². The largest absolute Gasteiger partial charge is 0.311 e. The van der Waals surface area contributed by atoms with Crippen LogP contribution in [0.1, 0.15) is 13.7 Å². The third kappa shape index (κ3) is 4.67. The minimum absolute atomic E-state index is 0.0737. The van der Waals surface area contributed by atoms with E-state index in [0.717, 1.165) is 39.0 Å². The van der Waals surface area contributed by atoms with Crippen LogP contribution in [0.15, 0.2) is 200 Å². The van der Waals surface area contributed by atoms with Crippen molar-refractivity contribution in [2.24, 2.45) is 0 Å². The van der Waals surface area contributed by atoms with E-state index in [1.807, 2.05) is 103 Å². The molecule has 0 unspecified atom stereocenters. The van der Waals surface area contributed by atoms with Crippen molar-refractivity contribution in [1.82, 2.24) is 9.13 Å². The zero-order chi connectivity index (χ0) is 42.4. The highest BCUT2D eigenvalue weighted by Gasteiger charge is 2.24. The van der Waals surface area contributed by atoms with Gasteiger partial charge in [-0.25, -0.2) is 0 Å². The van der Waals surface area contributed by atoms with Crippen molar-refractivity contribution in [2.75, 3.05) is 4.90 Å². The van der Waals surface area contributed by atoms with E-state index in [4.69, 9.17) is 11.0 Å². The van der Waals surface area contributed by atoms with E-state index in [1.165, 1.54) is 0 Å². The molecular formula is C48H33N3. The maximum absolute atomic E-state index is 9.23. The second kappa shape index (κ2) is 11.9. The number of anilines is 3. The Morgan fingerprint density at radius 1 is 0.412 bits per heavy atom. The molecule has 3 heteroatoms. The highest BCUT2D eigenvalue weighted by atomic mass is 15.1. The van der Waals surface area contributed by atoms with Gasteiger partial charge in [0.15, 0.2) is 0 Å². The lowest BCUT2D eigenvalue weighted by atomic mass is 9.96. The summed E-state index contributed by atoms with van der Waals surface area (Å²) in [5, 5.41) is 2.79. The van der Waals surface area contributed by atoms with E-state index in [0.29, 0.717) is 32.8 Å². The van der Waals surface area contributed by atoms with Gasteiger partial charge in [-0.1, -0.05) is 121 Å². The van der Waals surface area contributed by atoms with Gasteiger partial charge >= 0.3 is 0 Å². The molecule has 10 aromatic rings. The molecule has 0 amide bonds. The number of nitrogens with zero attached hydrogens (tertiary/aromatic N) is 3. The summed E-state index contributed by atoms with van der Waals surface area (Å²) < 4.78 is 91.8. The quantitative estimate of drug-likeness (QED) is 0.173. The van der Waals surface area contributed by atoms with Gasteiger partial charge in [0, 0.05) is 50.0 Å². The Hall–Kier alpha value is -6.84. The van der Waals surface area contributed by atoms with Crippen molar-refractivity contribution < 1.29 is 13.7 Å². The zero-order valence-electron chi connectivity index (χ0n) is 37.1. The first-order valence-electron chi connectivity index (χ1n) is 21.6. The molecule has 0 atom stereocenters. The molecule has 0 aliphatic carbocycles. The van der Waals surface area contributed by atoms with E-state index in [-0.39, 0.29) is 11.4 Å². The fraction of sp³-hybridized carbons (Fsp3) is 0. The lowest BCUT2D eigenvalue weighted by molar-refractivity contribution is 1.15. The number of rotatable bonds is 6. The summed E-state index contributed by atoms with van der Waals surface area (Å²) >= 11 is 0. The predicted octanol–water partition coefficient (Wildman–Crippen LogP) is 13.0. The number of benzene rings is 8. The number of aromatic nitrogens is 2. The molecule has 0 N–H and O–H groups in total. The minimum atomic E-state index is -0.529. The second-order valence-corrected chi connectivity index (χ2v) is 12.2. The van der Waals surface area contributed by atoms with Gasteiger partial charge in [-0.3, -0.25) is 0 Å². The van der Waals surface area contributed by atoms with Gasteiger partial charge in [-0.15, -0.1) is 0 Å². The zero-order valence-corrected chi connectivity index (χ0v) is 27.1. The Morgan fingerprint density at radius 3 is 1.47 bits per heavy atom. The molecule has 8 aromatic carbocycles. The van der Waals surface area contributed by atoms with Crippen molar-refractivity contribution in [3.63, 3.8) is 0 Å². The van der Waals surface area contributed by atoms with E-state index in [1.54, 1.807) is 9.13 Å². The molecule has 2 heterocycles. The summed E-state index contributed by atoms with van der Waals surface area (Å²) in [6, 6.07) is 40.6. The Balaban J connectivity index is 1.39. The SMILES string of the molecule is [2H]c1c([2H])c([2H])c(-n2c3ccccc3c3cc(-c4ccc(N(c5ccccc5)c5ccccc5)cc4)c4c5ccccc5n(-c5c([2H])c([2H])c([2H])c([2H])c5[2H])c4c32)c([2H])c1[2H]. The van der Waals surface area contributed by atoms with Crippen LogP contribution < -0.4 is 4.90 Å². The summed E-state index contributed by atoms with van der Waals surface area (Å²) in [7, 11) is 0. The van der Waals surface area contributed by atoms with Gasteiger partial charge in [0.05, 0.1) is 35.8 Å². The molecule has 2 aromatic heterocycles. The molecule has 0 saturated carbocycles. The summed E-state index contributed by atoms with van der Waals surface area (Å²) in [5.41, 5.74) is 6.33. The Labute approximate surface area is 310 Å². The summed E-state index contributed by atoms with van der Waals surface area (Å²) in [5.74, 6) is 0. The van der Waals surface area contributed by atoms with Crippen LogP contribution in [0.4, 0.5) is 17.1 Å². The first-order chi connectivity index (χ1) is 29.5. The van der Waals surface area contributed by atoms with Crippen LogP contribution in [-0.4, -0.2) is 9.13 Å². The number of hydrogen-bond donors (Lipinski definition) is 0. The van der Waals surface area contributed by atoms with Gasteiger partial charge in [-0.2, -0.15) is 0 Å². The molecule has 0 radical (unpaired) electrons. The smallest absolute Gasteiger partial charge is 0.0795 e. The van der Waals surface area contributed by atoms with Crippen LogP contribution >= 0.6 is 0 Å². The molecule has 0 bridgehead atoms. The first kappa shape index (κ1) is 20.6. The third-order valence-electron chi connectivity index (χ3n) is 9.46. The van der Waals surface area contributed by atoms with Crippen molar-refractivity contribution in [3.8, 4) is 22.5 Å². The van der Waals surface area contributed by atoms with Crippen molar-refractivity contribution in [3.05, 3.63) is 200 Å². The van der Waals surface area contributed by atoms with E-state index < -0.39 is 60.4 Å². The lowest BCUT2D eigenvalue weighted by Crippen LogP contribution is -2.09. The van der Waals surface area contributed by atoms with E-state index in [9.17, 15) is 2.74 Å². The van der Waals surface area contributed by atoms with Gasteiger partial charge in [-0.05, 0) is 89.9 Å². The average Bonchev–Trinajstić information content (AvgIpc) is 3.80. The molecule has 0 saturated heterocycles. The average molecular weight is 662 g/mol. The summed E-state index contributed by atoms with van der Waals surface area (Å²) in [6.45, 7) is 0. The standard InChI is InChI=1S/C48H33N3/c1-5-17-35(18-6-1)49(36-19-7-2-8-20-36)39-31-29-34(30-32-39)42-33-43-40-25-13-15-27-44(40)50(37-21-9-3-10-22-37)47(43)48-46(42)41-26-14-16-28-45(41)51(48)38-23-11-4-12-24-38/h1-33H/i3D,4D,9D,10D,11D,12D,21D,22D,23D,24D. The lowest BCUT2D eigenvalue weighted by Gasteiger charge is -2.25. The topological polar surface area (TPSA) is 13.1 Å². The van der Waals surface area contributed by atoms with Gasteiger partial charge in [0.2, 0.25) is 0 Å². The number of fused-ring (bicyclic) bond motifs is 7. The number of para-hydroxylation sites is 6. The van der Waals surface area contributed by atoms with Gasteiger partial charge in [0.1, 0.15) is 0 Å². The Kier molecular flexibility index (Phi) is 4.83. The van der Waals surface area contributed by atoms with Crippen molar-refractivity contribution in [1.29, 1.82) is 0 Å².